The zero-order chi connectivity index (χ0) is 15.6. The molecule has 1 rings (SSSR count). The Kier molecular flexibility index (Phi) is 4.77. The summed E-state index contributed by atoms with van der Waals surface area (Å²) in [7, 11) is 0. The van der Waals surface area contributed by atoms with Crippen LogP contribution in [0, 0.1) is 11.8 Å². The van der Waals surface area contributed by atoms with Crippen LogP contribution in [0.25, 0.3) is 0 Å². The third-order valence-corrected chi connectivity index (χ3v) is 2.82. The molecule has 20 heavy (non-hydrogen) atoms. The smallest absolute Gasteiger partial charge is 0.329 e. The first-order valence-corrected chi connectivity index (χ1v) is 5.97. The Balaban J connectivity index is 3.09. The topological polar surface area (TPSA) is 52.6 Å². The van der Waals surface area contributed by atoms with Gasteiger partial charge in [0.25, 0.3) is 0 Å². The van der Waals surface area contributed by atoms with Gasteiger partial charge in [-0.2, -0.15) is 17.6 Å². The number of hydrogen-bond acceptors (Lipinski definition) is 4. The minimum atomic E-state index is -4.56. The third-order valence-electron chi connectivity index (χ3n) is 2.82. The van der Waals surface area contributed by atoms with Gasteiger partial charge in [0.1, 0.15) is 0 Å². The molecule has 0 aromatic carbocycles. The number of rotatable bonds is 5. The number of alkyl halides is 4. The van der Waals surface area contributed by atoms with Crippen molar-refractivity contribution in [2.75, 3.05) is 13.2 Å². The standard InChI is InChI=1S/C12H14F4O4/c1-3-19-9(17)8(10(18)20-4-2)7-5-6-11(13,14)12(7,15)16/h5-8H,3-4H2,1-2H3. The summed E-state index contributed by atoms with van der Waals surface area (Å²) in [5.74, 6) is -16.0. The lowest BCUT2D eigenvalue weighted by Gasteiger charge is -2.28. The quantitative estimate of drug-likeness (QED) is 0.338. The van der Waals surface area contributed by atoms with Crippen LogP contribution in [0.15, 0.2) is 12.2 Å². The van der Waals surface area contributed by atoms with Crippen LogP contribution in [0.4, 0.5) is 17.6 Å². The molecule has 0 heterocycles. The number of carbonyl (C=O) groups excluding carboxylic acids is 2. The molecule has 1 unspecified atom stereocenters. The predicted octanol–water partition coefficient (Wildman–Crippen LogP) is 2.19. The van der Waals surface area contributed by atoms with Gasteiger partial charge >= 0.3 is 23.8 Å². The van der Waals surface area contributed by atoms with Crippen LogP contribution in [-0.2, 0) is 19.1 Å². The second kappa shape index (κ2) is 5.80. The second-order valence-corrected chi connectivity index (χ2v) is 4.11. The number of hydrogen-bond donors (Lipinski definition) is 0. The van der Waals surface area contributed by atoms with Gasteiger partial charge in [-0.25, -0.2) is 0 Å². The van der Waals surface area contributed by atoms with Gasteiger partial charge in [-0.1, -0.05) is 6.08 Å². The molecule has 0 aromatic rings. The van der Waals surface area contributed by atoms with E-state index in [0.29, 0.717) is 6.08 Å². The minimum absolute atomic E-state index is 0.0108. The van der Waals surface area contributed by atoms with Crippen molar-refractivity contribution in [2.24, 2.45) is 11.8 Å². The molecule has 8 heteroatoms. The van der Waals surface area contributed by atoms with Crippen molar-refractivity contribution in [3.63, 3.8) is 0 Å². The molecular weight excluding hydrogens is 284 g/mol. The highest BCUT2D eigenvalue weighted by Gasteiger charge is 2.66. The average molecular weight is 298 g/mol. The van der Waals surface area contributed by atoms with Crippen LogP contribution in [-0.4, -0.2) is 37.0 Å². The lowest BCUT2D eigenvalue weighted by Crippen LogP contribution is -2.47. The maximum Gasteiger partial charge on any atom is 0.329 e. The van der Waals surface area contributed by atoms with Crippen molar-refractivity contribution in [2.45, 2.75) is 25.7 Å². The van der Waals surface area contributed by atoms with E-state index in [9.17, 15) is 27.2 Å². The van der Waals surface area contributed by atoms with Crippen molar-refractivity contribution in [3.8, 4) is 0 Å². The summed E-state index contributed by atoms with van der Waals surface area (Å²) >= 11 is 0. The first-order chi connectivity index (χ1) is 9.19. The Bertz CT molecular complexity index is 402. The molecule has 0 radical (unpaired) electrons. The third kappa shape index (κ3) is 2.78. The highest BCUT2D eigenvalue weighted by molar-refractivity contribution is 5.95. The van der Waals surface area contributed by atoms with Gasteiger partial charge in [-0.05, 0) is 19.9 Å². The summed E-state index contributed by atoms with van der Waals surface area (Å²) in [6, 6.07) is 0. The van der Waals surface area contributed by atoms with Gasteiger partial charge in [0, 0.05) is 0 Å². The molecule has 1 aliphatic rings. The van der Waals surface area contributed by atoms with Crippen LogP contribution in [0.3, 0.4) is 0 Å². The highest BCUT2D eigenvalue weighted by Crippen LogP contribution is 2.49. The molecule has 0 spiro atoms. The van der Waals surface area contributed by atoms with Crippen molar-refractivity contribution in [1.82, 2.24) is 0 Å². The lowest BCUT2D eigenvalue weighted by atomic mass is 9.88. The number of ether oxygens (including phenoxy) is 2. The van der Waals surface area contributed by atoms with E-state index < -0.39 is 35.6 Å². The normalized spacial score (nSPS) is 22.9. The first kappa shape index (κ1) is 16.5. The van der Waals surface area contributed by atoms with E-state index in [2.05, 4.69) is 9.47 Å². The van der Waals surface area contributed by atoms with E-state index in [1.165, 1.54) is 13.8 Å². The van der Waals surface area contributed by atoms with Crippen LogP contribution < -0.4 is 0 Å². The van der Waals surface area contributed by atoms with Crippen molar-refractivity contribution >= 4 is 11.9 Å². The maximum atomic E-state index is 13.6. The lowest BCUT2D eigenvalue weighted by molar-refractivity contribution is -0.207. The zero-order valence-electron chi connectivity index (χ0n) is 10.9. The molecule has 1 aliphatic carbocycles. The molecule has 0 bridgehead atoms. The molecule has 0 amide bonds. The molecule has 114 valence electrons. The predicted molar refractivity (Wildman–Crippen MR) is 59.3 cm³/mol. The SMILES string of the molecule is CCOC(=O)C(C(=O)OCC)C1C=CC(F)(F)C1(F)F. The van der Waals surface area contributed by atoms with Gasteiger partial charge in [-0.3, -0.25) is 9.59 Å². The monoisotopic (exact) mass is 298 g/mol. The first-order valence-electron chi connectivity index (χ1n) is 5.97. The molecule has 1 atom stereocenters. The molecule has 0 N–H and O–H groups in total. The summed E-state index contributed by atoms with van der Waals surface area (Å²) in [5.41, 5.74) is 0. The fourth-order valence-corrected chi connectivity index (χ4v) is 1.85. The average Bonchev–Trinajstić information content (AvgIpc) is 2.53. The fourth-order valence-electron chi connectivity index (χ4n) is 1.85. The summed E-state index contributed by atoms with van der Waals surface area (Å²) in [6.45, 7) is 2.45. The molecule has 0 saturated heterocycles. The van der Waals surface area contributed by atoms with Crippen molar-refractivity contribution < 1.29 is 36.6 Å². The highest BCUT2D eigenvalue weighted by atomic mass is 19.3. The minimum Gasteiger partial charge on any atom is -0.465 e. The van der Waals surface area contributed by atoms with Gasteiger partial charge in [0.15, 0.2) is 5.92 Å². The van der Waals surface area contributed by atoms with Gasteiger partial charge in [0.05, 0.1) is 19.1 Å². The summed E-state index contributed by atoms with van der Waals surface area (Å²) in [5, 5.41) is 0. The number of esters is 2. The summed E-state index contributed by atoms with van der Waals surface area (Å²) < 4.78 is 62.4. The molecular formula is C12H14F4O4. The fraction of sp³-hybridized carbons (Fsp3) is 0.667. The van der Waals surface area contributed by atoms with Gasteiger partial charge in [0.2, 0.25) is 0 Å². The summed E-state index contributed by atoms with van der Waals surface area (Å²) in [6.07, 6.45) is 0.446. The largest absolute Gasteiger partial charge is 0.465 e. The molecule has 0 fully saturated rings. The Morgan fingerprint density at radius 2 is 1.55 bits per heavy atom. The van der Waals surface area contributed by atoms with Gasteiger partial charge < -0.3 is 9.47 Å². The van der Waals surface area contributed by atoms with E-state index in [1.54, 1.807) is 0 Å². The molecule has 4 nitrogen and oxygen atoms in total. The van der Waals surface area contributed by atoms with Crippen LogP contribution in [0.1, 0.15) is 13.8 Å². The van der Waals surface area contributed by atoms with E-state index in [4.69, 9.17) is 0 Å². The number of carbonyl (C=O) groups is 2. The Morgan fingerprint density at radius 3 is 1.85 bits per heavy atom. The molecule has 0 saturated carbocycles. The molecule has 0 aromatic heterocycles. The van der Waals surface area contributed by atoms with E-state index in [0.717, 1.165) is 0 Å². The van der Waals surface area contributed by atoms with Crippen LogP contribution >= 0.6 is 0 Å². The Hall–Kier alpha value is -1.60. The number of halogens is 4. The maximum absolute atomic E-state index is 13.6. The van der Waals surface area contributed by atoms with E-state index in [1.807, 2.05) is 0 Å². The van der Waals surface area contributed by atoms with Crippen LogP contribution in [0.2, 0.25) is 0 Å². The van der Waals surface area contributed by atoms with Crippen molar-refractivity contribution in [1.29, 1.82) is 0 Å². The second-order valence-electron chi connectivity index (χ2n) is 4.11. The Labute approximate surface area is 112 Å². The van der Waals surface area contributed by atoms with Crippen molar-refractivity contribution in [3.05, 3.63) is 12.2 Å². The van der Waals surface area contributed by atoms with E-state index >= 15 is 0 Å². The van der Waals surface area contributed by atoms with Crippen LogP contribution in [0.5, 0.6) is 0 Å². The zero-order valence-corrected chi connectivity index (χ0v) is 10.9. The number of allylic oxidation sites excluding steroid dienone is 2. The Morgan fingerprint density at radius 1 is 1.10 bits per heavy atom. The van der Waals surface area contributed by atoms with E-state index in [-0.39, 0.29) is 19.3 Å². The molecule has 0 aliphatic heterocycles. The van der Waals surface area contributed by atoms with Gasteiger partial charge in [-0.15, -0.1) is 0 Å². The summed E-state index contributed by atoms with van der Waals surface area (Å²) in [4.78, 5) is 23.2.